The molecule has 0 bridgehead atoms. The number of nitrogens with one attached hydrogen (secondary N) is 1. The Balaban J connectivity index is 2.41. The van der Waals surface area contributed by atoms with Crippen LogP contribution in [0.25, 0.3) is 10.8 Å². The lowest BCUT2D eigenvalue weighted by Gasteiger charge is -2.14. The van der Waals surface area contributed by atoms with Crippen LogP contribution < -0.4 is 5.32 Å². The Kier molecular flexibility index (Phi) is 4.02. The molecular weight excluding hydrogens is 242 g/mol. The molecule has 0 heterocycles. The van der Waals surface area contributed by atoms with E-state index in [9.17, 15) is 9.90 Å². The first kappa shape index (κ1) is 13.4. The molecule has 0 aliphatic heterocycles. The third-order valence-corrected chi connectivity index (χ3v) is 3.14. The second-order valence-electron chi connectivity index (χ2n) is 4.44. The Bertz CT molecular complexity index is 595. The van der Waals surface area contributed by atoms with E-state index in [-0.39, 0.29) is 6.10 Å². The minimum Gasteiger partial charge on any atom is -0.478 e. The summed E-state index contributed by atoms with van der Waals surface area (Å²) in [6.07, 6.45) is 0.0953. The van der Waals surface area contributed by atoms with Gasteiger partial charge in [-0.3, -0.25) is 0 Å². The number of anilines is 1. The maximum atomic E-state index is 11.2. The van der Waals surface area contributed by atoms with Gasteiger partial charge in [0.15, 0.2) is 0 Å². The maximum absolute atomic E-state index is 11.2. The second kappa shape index (κ2) is 5.71. The van der Waals surface area contributed by atoms with Crippen molar-refractivity contribution in [1.29, 1.82) is 0 Å². The minimum atomic E-state index is -0.909. The number of ether oxygens (including phenoxy) is 1. The van der Waals surface area contributed by atoms with Crippen molar-refractivity contribution in [2.24, 2.45) is 0 Å². The molecule has 0 fully saturated rings. The molecule has 2 aromatic rings. The van der Waals surface area contributed by atoms with Gasteiger partial charge in [0.1, 0.15) is 0 Å². The van der Waals surface area contributed by atoms with Gasteiger partial charge in [-0.1, -0.05) is 24.3 Å². The molecule has 0 saturated carbocycles. The van der Waals surface area contributed by atoms with Gasteiger partial charge >= 0.3 is 5.97 Å². The number of carbonyl (C=O) groups is 1. The number of benzene rings is 2. The van der Waals surface area contributed by atoms with E-state index < -0.39 is 5.97 Å². The van der Waals surface area contributed by atoms with Crippen molar-refractivity contribution < 1.29 is 14.6 Å². The van der Waals surface area contributed by atoms with E-state index in [0.717, 1.165) is 16.5 Å². The van der Waals surface area contributed by atoms with Crippen LogP contribution in [-0.2, 0) is 4.74 Å². The Labute approximate surface area is 112 Å². The summed E-state index contributed by atoms with van der Waals surface area (Å²) in [5, 5.41) is 14.1. The zero-order valence-electron chi connectivity index (χ0n) is 11.0. The van der Waals surface area contributed by atoms with Crippen molar-refractivity contribution >= 4 is 22.4 Å². The summed E-state index contributed by atoms with van der Waals surface area (Å²) >= 11 is 0. The lowest BCUT2D eigenvalue weighted by molar-refractivity contribution is 0.0699. The number of hydrogen-bond acceptors (Lipinski definition) is 3. The quantitative estimate of drug-likeness (QED) is 0.866. The molecule has 2 aromatic carbocycles. The molecule has 2 N–H and O–H groups in total. The molecule has 0 aliphatic rings. The molecule has 0 spiro atoms. The second-order valence-corrected chi connectivity index (χ2v) is 4.44. The van der Waals surface area contributed by atoms with Gasteiger partial charge in [0.05, 0.1) is 11.7 Å². The first-order valence-corrected chi connectivity index (χ1v) is 6.15. The number of aromatic carboxylic acids is 1. The Hall–Kier alpha value is -2.07. The SMILES string of the molecule is COC(C)CNc1ccc(C(=O)O)c2ccccc12. The van der Waals surface area contributed by atoms with Gasteiger partial charge in [-0.25, -0.2) is 4.79 Å². The number of carboxylic acid groups (broad SMARTS) is 1. The van der Waals surface area contributed by atoms with E-state index >= 15 is 0 Å². The molecule has 0 saturated heterocycles. The highest BCUT2D eigenvalue weighted by molar-refractivity contribution is 6.07. The fourth-order valence-corrected chi connectivity index (χ4v) is 1.98. The van der Waals surface area contributed by atoms with Gasteiger partial charge in [-0.15, -0.1) is 0 Å². The summed E-state index contributed by atoms with van der Waals surface area (Å²) in [4.78, 5) is 11.2. The summed E-state index contributed by atoms with van der Waals surface area (Å²) in [6.45, 7) is 2.65. The van der Waals surface area contributed by atoms with Crippen LogP contribution in [0.15, 0.2) is 36.4 Å². The minimum absolute atomic E-state index is 0.0953. The molecule has 0 aromatic heterocycles. The third-order valence-electron chi connectivity index (χ3n) is 3.14. The van der Waals surface area contributed by atoms with Crippen molar-refractivity contribution in [3.63, 3.8) is 0 Å². The maximum Gasteiger partial charge on any atom is 0.336 e. The molecule has 0 radical (unpaired) electrons. The van der Waals surface area contributed by atoms with E-state index in [1.165, 1.54) is 0 Å². The van der Waals surface area contributed by atoms with Crippen molar-refractivity contribution in [2.75, 3.05) is 19.0 Å². The summed E-state index contributed by atoms with van der Waals surface area (Å²) < 4.78 is 5.19. The fourth-order valence-electron chi connectivity index (χ4n) is 1.98. The largest absolute Gasteiger partial charge is 0.478 e. The number of hydrogen-bond donors (Lipinski definition) is 2. The highest BCUT2D eigenvalue weighted by Gasteiger charge is 2.11. The molecule has 0 amide bonds. The monoisotopic (exact) mass is 259 g/mol. The first-order chi connectivity index (χ1) is 9.13. The Morgan fingerprint density at radius 2 is 1.95 bits per heavy atom. The average Bonchev–Trinajstić information content (AvgIpc) is 2.43. The number of methoxy groups -OCH3 is 1. The molecule has 4 nitrogen and oxygen atoms in total. The third kappa shape index (κ3) is 2.85. The smallest absolute Gasteiger partial charge is 0.336 e. The highest BCUT2D eigenvalue weighted by Crippen LogP contribution is 2.26. The Morgan fingerprint density at radius 3 is 2.58 bits per heavy atom. The number of rotatable bonds is 5. The fraction of sp³-hybridized carbons (Fsp3) is 0.267. The van der Waals surface area contributed by atoms with Gasteiger partial charge in [-0.2, -0.15) is 0 Å². The zero-order valence-corrected chi connectivity index (χ0v) is 11.0. The average molecular weight is 259 g/mol. The normalized spacial score (nSPS) is 12.3. The van der Waals surface area contributed by atoms with Crippen LogP contribution in [0.4, 0.5) is 5.69 Å². The standard InChI is InChI=1S/C15H17NO3/c1-10(19-2)9-16-14-8-7-13(15(17)18)11-5-3-4-6-12(11)14/h3-8,10,16H,9H2,1-2H3,(H,17,18). The van der Waals surface area contributed by atoms with Gasteiger partial charge in [-0.05, 0) is 24.4 Å². The van der Waals surface area contributed by atoms with E-state index in [1.54, 1.807) is 19.2 Å². The van der Waals surface area contributed by atoms with E-state index in [0.29, 0.717) is 12.1 Å². The first-order valence-electron chi connectivity index (χ1n) is 6.15. The molecular formula is C15H17NO3. The van der Waals surface area contributed by atoms with Crippen molar-refractivity contribution in [1.82, 2.24) is 0 Å². The molecule has 1 atom stereocenters. The van der Waals surface area contributed by atoms with Gasteiger partial charge < -0.3 is 15.2 Å². The summed E-state index contributed by atoms with van der Waals surface area (Å²) in [7, 11) is 1.66. The number of carboxylic acids is 1. The topological polar surface area (TPSA) is 58.6 Å². The molecule has 19 heavy (non-hydrogen) atoms. The molecule has 4 heteroatoms. The highest BCUT2D eigenvalue weighted by atomic mass is 16.5. The van der Waals surface area contributed by atoms with Crippen LogP contribution in [0.2, 0.25) is 0 Å². The predicted octanol–water partition coefficient (Wildman–Crippen LogP) is 2.98. The molecule has 2 rings (SSSR count). The van der Waals surface area contributed by atoms with E-state index in [4.69, 9.17) is 4.74 Å². The van der Waals surface area contributed by atoms with Crippen LogP contribution in [-0.4, -0.2) is 30.8 Å². The summed E-state index contributed by atoms with van der Waals surface area (Å²) in [6, 6.07) is 10.9. The van der Waals surface area contributed by atoms with Gasteiger partial charge in [0.25, 0.3) is 0 Å². The van der Waals surface area contributed by atoms with Crippen molar-refractivity contribution in [3.8, 4) is 0 Å². The van der Waals surface area contributed by atoms with Crippen molar-refractivity contribution in [3.05, 3.63) is 42.0 Å². The summed E-state index contributed by atoms with van der Waals surface area (Å²) in [5.41, 5.74) is 1.24. The lowest BCUT2D eigenvalue weighted by Crippen LogP contribution is -2.18. The zero-order chi connectivity index (χ0) is 13.8. The van der Waals surface area contributed by atoms with Crippen LogP contribution in [0.5, 0.6) is 0 Å². The van der Waals surface area contributed by atoms with E-state index in [1.807, 2.05) is 31.2 Å². The Morgan fingerprint density at radius 1 is 1.26 bits per heavy atom. The summed E-state index contributed by atoms with van der Waals surface area (Å²) in [5.74, 6) is -0.909. The lowest BCUT2D eigenvalue weighted by atomic mass is 10.0. The van der Waals surface area contributed by atoms with Crippen molar-refractivity contribution in [2.45, 2.75) is 13.0 Å². The van der Waals surface area contributed by atoms with Gasteiger partial charge in [0.2, 0.25) is 0 Å². The van der Waals surface area contributed by atoms with Gasteiger partial charge in [0, 0.05) is 24.7 Å². The predicted molar refractivity (Wildman–Crippen MR) is 75.9 cm³/mol. The molecule has 1 unspecified atom stereocenters. The van der Waals surface area contributed by atoms with Crippen LogP contribution in [0, 0.1) is 0 Å². The van der Waals surface area contributed by atoms with Crippen LogP contribution >= 0.6 is 0 Å². The van der Waals surface area contributed by atoms with Crippen LogP contribution in [0.3, 0.4) is 0 Å². The van der Waals surface area contributed by atoms with E-state index in [2.05, 4.69) is 5.32 Å². The molecule has 0 aliphatic carbocycles. The van der Waals surface area contributed by atoms with Crippen LogP contribution in [0.1, 0.15) is 17.3 Å². The molecule has 100 valence electrons. The number of fused-ring (bicyclic) bond motifs is 1.